The molecule has 0 bridgehead atoms. The van der Waals surface area contributed by atoms with E-state index in [1.54, 1.807) is 25.1 Å². The quantitative estimate of drug-likeness (QED) is 0.546. The van der Waals surface area contributed by atoms with Crippen LogP contribution in [0.25, 0.3) is 6.08 Å². The van der Waals surface area contributed by atoms with Crippen LogP contribution in [0.2, 0.25) is 0 Å². The topological polar surface area (TPSA) is 38.8 Å². The molecule has 0 fully saturated rings. The van der Waals surface area contributed by atoms with Gasteiger partial charge in [-0.25, -0.2) is 0 Å². The van der Waals surface area contributed by atoms with E-state index in [0.29, 0.717) is 13.2 Å². The van der Waals surface area contributed by atoms with Crippen molar-refractivity contribution in [3.8, 4) is 5.75 Å². The first kappa shape index (κ1) is 17.2. The van der Waals surface area contributed by atoms with Crippen LogP contribution in [0.4, 0.5) is 0 Å². The van der Waals surface area contributed by atoms with Crippen LogP contribution >= 0.6 is 0 Å². The number of hydrogen-bond acceptors (Lipinski definition) is 3. The lowest BCUT2D eigenvalue weighted by Gasteiger charge is -2.14. The van der Waals surface area contributed by atoms with E-state index in [-0.39, 0.29) is 12.0 Å². The van der Waals surface area contributed by atoms with Crippen LogP contribution in [0, 0.1) is 0 Å². The number of amides is 1. The zero-order valence-electron chi connectivity index (χ0n) is 13.3. The Morgan fingerprint density at radius 3 is 2.52 bits per heavy atom. The second-order valence-corrected chi connectivity index (χ2v) is 5.18. The summed E-state index contributed by atoms with van der Waals surface area (Å²) >= 11 is 0. The van der Waals surface area contributed by atoms with E-state index in [0.717, 1.165) is 17.7 Å². The molecule has 21 heavy (non-hydrogen) atoms. The van der Waals surface area contributed by atoms with E-state index in [4.69, 9.17) is 9.47 Å². The average molecular weight is 291 g/mol. The summed E-state index contributed by atoms with van der Waals surface area (Å²) in [5.41, 5.74) is 0.977. The summed E-state index contributed by atoms with van der Waals surface area (Å²) in [4.78, 5) is 13.6. The molecule has 1 aromatic rings. The SMILES string of the molecule is COCCCN(C)C(=O)/C=C/c1ccc(OC(C)C)cc1. The van der Waals surface area contributed by atoms with Gasteiger partial charge in [0.25, 0.3) is 0 Å². The summed E-state index contributed by atoms with van der Waals surface area (Å²) < 4.78 is 10.5. The highest BCUT2D eigenvalue weighted by molar-refractivity contribution is 5.91. The number of benzene rings is 1. The van der Waals surface area contributed by atoms with E-state index < -0.39 is 0 Å². The Labute approximate surface area is 127 Å². The van der Waals surface area contributed by atoms with Crippen molar-refractivity contribution >= 4 is 12.0 Å². The monoisotopic (exact) mass is 291 g/mol. The number of nitrogens with zero attached hydrogens (tertiary/aromatic N) is 1. The molecular weight excluding hydrogens is 266 g/mol. The third-order valence-electron chi connectivity index (χ3n) is 2.89. The van der Waals surface area contributed by atoms with Crippen LogP contribution in [0.15, 0.2) is 30.3 Å². The van der Waals surface area contributed by atoms with Gasteiger partial charge in [0, 0.05) is 33.4 Å². The third-order valence-corrected chi connectivity index (χ3v) is 2.89. The van der Waals surface area contributed by atoms with Crippen LogP contribution < -0.4 is 4.74 Å². The largest absolute Gasteiger partial charge is 0.491 e. The highest BCUT2D eigenvalue weighted by Gasteiger charge is 2.04. The maximum Gasteiger partial charge on any atom is 0.246 e. The highest BCUT2D eigenvalue weighted by Crippen LogP contribution is 2.14. The lowest BCUT2D eigenvalue weighted by molar-refractivity contribution is -0.124. The molecular formula is C17H25NO3. The molecule has 0 spiro atoms. The standard InChI is InChI=1S/C17H25NO3/c1-14(2)21-16-9-6-15(7-10-16)8-11-17(19)18(3)12-5-13-20-4/h6-11,14H,5,12-13H2,1-4H3/b11-8+. The van der Waals surface area contributed by atoms with Crippen LogP contribution in [-0.4, -0.2) is 44.2 Å². The maximum atomic E-state index is 11.9. The molecule has 4 heteroatoms. The predicted octanol–water partition coefficient (Wildman–Crippen LogP) is 2.98. The molecule has 0 saturated heterocycles. The van der Waals surface area contributed by atoms with Crippen molar-refractivity contribution in [1.29, 1.82) is 0 Å². The van der Waals surface area contributed by atoms with E-state index in [1.165, 1.54) is 0 Å². The van der Waals surface area contributed by atoms with Crippen LogP contribution in [0.3, 0.4) is 0 Å². The summed E-state index contributed by atoms with van der Waals surface area (Å²) in [5, 5.41) is 0. The van der Waals surface area contributed by atoms with Crippen LogP contribution in [-0.2, 0) is 9.53 Å². The molecule has 0 N–H and O–H groups in total. The number of methoxy groups -OCH3 is 1. The van der Waals surface area contributed by atoms with E-state index in [9.17, 15) is 4.79 Å². The number of carbonyl (C=O) groups is 1. The fraction of sp³-hybridized carbons (Fsp3) is 0.471. The van der Waals surface area contributed by atoms with Gasteiger partial charge in [-0.2, -0.15) is 0 Å². The van der Waals surface area contributed by atoms with Gasteiger partial charge in [-0.3, -0.25) is 4.79 Å². The molecule has 0 aromatic heterocycles. The Bertz CT molecular complexity index is 452. The van der Waals surface area contributed by atoms with Crippen LogP contribution in [0.5, 0.6) is 5.75 Å². The first-order valence-corrected chi connectivity index (χ1v) is 7.21. The Kier molecular flexibility index (Phi) is 7.54. The Balaban J connectivity index is 2.49. The van der Waals surface area contributed by atoms with Gasteiger partial charge in [-0.15, -0.1) is 0 Å². The molecule has 1 rings (SSSR count). The minimum atomic E-state index is -0.00592. The zero-order valence-corrected chi connectivity index (χ0v) is 13.3. The number of carbonyl (C=O) groups excluding carboxylic acids is 1. The molecule has 0 aliphatic carbocycles. The van der Waals surface area contributed by atoms with Crippen molar-refractivity contribution in [2.75, 3.05) is 27.3 Å². The van der Waals surface area contributed by atoms with Crippen LogP contribution in [0.1, 0.15) is 25.8 Å². The number of hydrogen-bond donors (Lipinski definition) is 0. The van der Waals surface area contributed by atoms with Crippen molar-refractivity contribution in [3.05, 3.63) is 35.9 Å². The number of likely N-dealkylation sites (N-methyl/N-ethyl adjacent to an activating group) is 1. The van der Waals surface area contributed by atoms with Crippen molar-refractivity contribution < 1.29 is 14.3 Å². The second kappa shape index (κ2) is 9.19. The molecule has 0 atom stereocenters. The molecule has 0 aliphatic rings. The third kappa shape index (κ3) is 6.95. The Morgan fingerprint density at radius 1 is 1.29 bits per heavy atom. The lowest BCUT2D eigenvalue weighted by Crippen LogP contribution is -2.26. The average Bonchev–Trinajstić information content (AvgIpc) is 2.45. The fourth-order valence-corrected chi connectivity index (χ4v) is 1.78. The summed E-state index contributed by atoms with van der Waals surface area (Å²) in [6.45, 7) is 5.34. The van der Waals surface area contributed by atoms with Gasteiger partial charge < -0.3 is 14.4 Å². The molecule has 4 nitrogen and oxygen atoms in total. The summed E-state index contributed by atoms with van der Waals surface area (Å²) in [6, 6.07) is 7.69. The highest BCUT2D eigenvalue weighted by atomic mass is 16.5. The van der Waals surface area contributed by atoms with Gasteiger partial charge in [0.05, 0.1) is 6.10 Å². The molecule has 0 unspecified atom stereocenters. The molecule has 0 radical (unpaired) electrons. The lowest BCUT2D eigenvalue weighted by atomic mass is 10.2. The minimum Gasteiger partial charge on any atom is -0.491 e. The molecule has 1 amide bonds. The summed E-state index contributed by atoms with van der Waals surface area (Å²) in [6.07, 6.45) is 4.40. The smallest absolute Gasteiger partial charge is 0.246 e. The molecule has 0 saturated carbocycles. The fourth-order valence-electron chi connectivity index (χ4n) is 1.78. The van der Waals surface area contributed by atoms with Crippen molar-refractivity contribution in [3.63, 3.8) is 0 Å². The number of rotatable bonds is 8. The van der Waals surface area contributed by atoms with Crippen molar-refractivity contribution in [2.24, 2.45) is 0 Å². The maximum absolute atomic E-state index is 11.9. The van der Waals surface area contributed by atoms with Gasteiger partial charge in [0.15, 0.2) is 0 Å². The van der Waals surface area contributed by atoms with Crippen molar-refractivity contribution in [2.45, 2.75) is 26.4 Å². The summed E-state index contributed by atoms with van der Waals surface area (Å²) in [7, 11) is 3.45. The van der Waals surface area contributed by atoms with Gasteiger partial charge >= 0.3 is 0 Å². The second-order valence-electron chi connectivity index (χ2n) is 5.18. The van der Waals surface area contributed by atoms with Gasteiger partial charge in [0.2, 0.25) is 5.91 Å². The number of ether oxygens (including phenoxy) is 2. The van der Waals surface area contributed by atoms with Crippen molar-refractivity contribution in [1.82, 2.24) is 4.90 Å². The summed E-state index contributed by atoms with van der Waals surface area (Å²) in [5.74, 6) is 0.832. The Hall–Kier alpha value is -1.81. The molecule has 1 aromatic carbocycles. The first-order chi connectivity index (χ1) is 10.0. The van der Waals surface area contributed by atoms with E-state index in [2.05, 4.69) is 0 Å². The molecule has 0 aliphatic heterocycles. The van der Waals surface area contributed by atoms with Gasteiger partial charge in [0.1, 0.15) is 5.75 Å². The zero-order chi connectivity index (χ0) is 15.7. The normalized spacial score (nSPS) is 11.1. The predicted molar refractivity (Wildman–Crippen MR) is 85.4 cm³/mol. The first-order valence-electron chi connectivity index (χ1n) is 7.21. The molecule has 116 valence electrons. The van der Waals surface area contributed by atoms with Gasteiger partial charge in [-0.1, -0.05) is 12.1 Å². The minimum absolute atomic E-state index is 0.00592. The van der Waals surface area contributed by atoms with E-state index in [1.807, 2.05) is 44.2 Å². The van der Waals surface area contributed by atoms with E-state index >= 15 is 0 Å². The molecule has 0 heterocycles. The Morgan fingerprint density at radius 2 is 1.95 bits per heavy atom. The van der Waals surface area contributed by atoms with Gasteiger partial charge in [-0.05, 0) is 44.0 Å².